The molecule has 2 aromatic rings. The van der Waals surface area contributed by atoms with Crippen molar-refractivity contribution >= 4 is 23.0 Å². The number of aromatic nitrogens is 2. The molecule has 4 rings (SSSR count). The fraction of sp³-hybridized carbons (Fsp3) is 0.412. The van der Waals surface area contributed by atoms with Crippen LogP contribution in [0.15, 0.2) is 24.5 Å². The molecule has 1 aromatic heterocycles. The molecule has 2 aliphatic heterocycles. The minimum absolute atomic E-state index is 0.111. The van der Waals surface area contributed by atoms with Gasteiger partial charge in [-0.05, 0) is 30.9 Å². The number of anilines is 3. The zero-order chi connectivity index (χ0) is 18.1. The van der Waals surface area contributed by atoms with E-state index in [0.717, 1.165) is 25.9 Å². The zero-order valence-corrected chi connectivity index (χ0v) is 14.3. The average molecular weight is 357 g/mol. The molecule has 2 aliphatic rings. The van der Waals surface area contributed by atoms with E-state index in [1.165, 1.54) is 6.33 Å². The molecule has 0 bridgehead atoms. The summed E-state index contributed by atoms with van der Waals surface area (Å²) in [5, 5.41) is 14.8. The highest BCUT2D eigenvalue weighted by Crippen LogP contribution is 2.38. The van der Waals surface area contributed by atoms with Crippen LogP contribution in [0.1, 0.15) is 19.8 Å². The maximum atomic E-state index is 11.7. The Labute approximate surface area is 150 Å². The first-order valence-corrected chi connectivity index (χ1v) is 8.53. The molecule has 1 saturated heterocycles. The second-order valence-corrected chi connectivity index (χ2v) is 6.51. The van der Waals surface area contributed by atoms with Crippen LogP contribution in [-0.2, 0) is 0 Å². The Hall–Kier alpha value is -3.10. The van der Waals surface area contributed by atoms with Crippen molar-refractivity contribution in [1.29, 1.82) is 0 Å². The van der Waals surface area contributed by atoms with Gasteiger partial charge in [0.05, 0.1) is 4.92 Å². The molecule has 26 heavy (non-hydrogen) atoms. The molecule has 0 saturated carbocycles. The van der Waals surface area contributed by atoms with Crippen LogP contribution in [0, 0.1) is 16.0 Å². The number of hydrogen-bond acceptors (Lipinski definition) is 8. The zero-order valence-electron chi connectivity index (χ0n) is 14.3. The summed E-state index contributed by atoms with van der Waals surface area (Å²) in [7, 11) is 0. The number of ether oxygens (including phenoxy) is 2. The SMILES string of the molecule is CC1CCN(c2ncnc(Nc3ccc4c(c3)OCO4)c2[N+](=O)[O-])CC1. The topological polar surface area (TPSA) is 103 Å². The first-order valence-electron chi connectivity index (χ1n) is 8.53. The Morgan fingerprint density at radius 2 is 2.00 bits per heavy atom. The number of nitrogens with zero attached hydrogens (tertiary/aromatic N) is 4. The highest BCUT2D eigenvalue weighted by molar-refractivity contribution is 5.75. The van der Waals surface area contributed by atoms with Crippen molar-refractivity contribution in [3.8, 4) is 11.5 Å². The summed E-state index contributed by atoms with van der Waals surface area (Å²) < 4.78 is 10.6. The molecular formula is C17H19N5O4. The first kappa shape index (κ1) is 16.4. The molecule has 3 heterocycles. The standard InChI is InChI=1S/C17H19N5O4/c1-11-4-6-21(7-5-11)17-15(22(23)24)16(18-9-19-17)20-12-2-3-13-14(8-12)26-10-25-13/h2-3,8-9,11H,4-7,10H2,1H3,(H,18,19,20). The van der Waals surface area contributed by atoms with Crippen molar-refractivity contribution < 1.29 is 14.4 Å². The van der Waals surface area contributed by atoms with E-state index in [2.05, 4.69) is 22.2 Å². The Bertz CT molecular complexity index is 836. The molecule has 0 unspecified atom stereocenters. The third kappa shape index (κ3) is 3.07. The summed E-state index contributed by atoms with van der Waals surface area (Å²) in [6.45, 7) is 3.87. The number of hydrogen-bond donors (Lipinski definition) is 1. The molecule has 9 nitrogen and oxygen atoms in total. The second kappa shape index (κ2) is 6.66. The molecule has 9 heteroatoms. The van der Waals surface area contributed by atoms with Gasteiger partial charge in [-0.3, -0.25) is 10.1 Å². The van der Waals surface area contributed by atoms with Crippen molar-refractivity contribution in [2.45, 2.75) is 19.8 Å². The predicted molar refractivity (Wildman–Crippen MR) is 95.1 cm³/mol. The fourth-order valence-corrected chi connectivity index (χ4v) is 3.19. The Morgan fingerprint density at radius 1 is 1.23 bits per heavy atom. The number of nitrogens with one attached hydrogen (secondary N) is 1. The summed E-state index contributed by atoms with van der Waals surface area (Å²) in [4.78, 5) is 21.6. The number of piperidine rings is 1. The summed E-state index contributed by atoms with van der Waals surface area (Å²) in [5.41, 5.74) is 0.522. The van der Waals surface area contributed by atoms with Gasteiger partial charge >= 0.3 is 5.69 Å². The fourth-order valence-electron chi connectivity index (χ4n) is 3.19. The predicted octanol–water partition coefficient (Wildman–Crippen LogP) is 3.09. The Balaban J connectivity index is 1.65. The third-order valence-electron chi connectivity index (χ3n) is 4.70. The largest absolute Gasteiger partial charge is 0.454 e. The molecule has 0 spiro atoms. The normalized spacial score (nSPS) is 16.6. The minimum Gasteiger partial charge on any atom is -0.454 e. The minimum atomic E-state index is -0.428. The van der Waals surface area contributed by atoms with E-state index in [0.29, 0.717) is 28.9 Å². The molecule has 0 amide bonds. The van der Waals surface area contributed by atoms with Crippen molar-refractivity contribution in [2.75, 3.05) is 30.1 Å². The van der Waals surface area contributed by atoms with Gasteiger partial charge in [-0.2, -0.15) is 0 Å². The van der Waals surface area contributed by atoms with Gasteiger partial charge in [-0.15, -0.1) is 0 Å². The van der Waals surface area contributed by atoms with Crippen LogP contribution in [0.25, 0.3) is 0 Å². The monoisotopic (exact) mass is 357 g/mol. The maximum Gasteiger partial charge on any atom is 0.353 e. The van der Waals surface area contributed by atoms with Crippen LogP contribution < -0.4 is 19.7 Å². The lowest BCUT2D eigenvalue weighted by molar-refractivity contribution is -0.383. The van der Waals surface area contributed by atoms with Gasteiger partial charge in [0.15, 0.2) is 11.5 Å². The van der Waals surface area contributed by atoms with Gasteiger partial charge in [-0.25, -0.2) is 9.97 Å². The lowest BCUT2D eigenvalue weighted by Gasteiger charge is -2.30. The molecule has 1 fully saturated rings. The Morgan fingerprint density at radius 3 is 2.77 bits per heavy atom. The van der Waals surface area contributed by atoms with Crippen LogP contribution in [0.2, 0.25) is 0 Å². The van der Waals surface area contributed by atoms with Crippen LogP contribution >= 0.6 is 0 Å². The van der Waals surface area contributed by atoms with Gasteiger partial charge in [0.25, 0.3) is 0 Å². The second-order valence-electron chi connectivity index (χ2n) is 6.51. The van der Waals surface area contributed by atoms with E-state index in [-0.39, 0.29) is 18.3 Å². The van der Waals surface area contributed by atoms with Crippen molar-refractivity contribution in [3.05, 3.63) is 34.6 Å². The number of benzene rings is 1. The van der Waals surface area contributed by atoms with E-state index in [1.807, 2.05) is 4.90 Å². The highest BCUT2D eigenvalue weighted by atomic mass is 16.7. The first-order chi connectivity index (χ1) is 12.6. The lowest BCUT2D eigenvalue weighted by Crippen LogP contribution is -2.34. The van der Waals surface area contributed by atoms with Crippen molar-refractivity contribution in [1.82, 2.24) is 9.97 Å². The van der Waals surface area contributed by atoms with E-state index in [4.69, 9.17) is 9.47 Å². The van der Waals surface area contributed by atoms with E-state index in [9.17, 15) is 10.1 Å². The van der Waals surface area contributed by atoms with Crippen LogP contribution in [-0.4, -0.2) is 34.8 Å². The quantitative estimate of drug-likeness (QED) is 0.658. The van der Waals surface area contributed by atoms with E-state index < -0.39 is 4.92 Å². The van der Waals surface area contributed by atoms with Gasteiger partial charge in [0.1, 0.15) is 6.33 Å². The van der Waals surface area contributed by atoms with Crippen LogP contribution in [0.5, 0.6) is 11.5 Å². The number of nitro groups is 1. The number of rotatable bonds is 4. The van der Waals surface area contributed by atoms with Crippen LogP contribution in [0.3, 0.4) is 0 Å². The van der Waals surface area contributed by atoms with Gasteiger partial charge in [-0.1, -0.05) is 6.92 Å². The molecule has 0 atom stereocenters. The summed E-state index contributed by atoms with van der Waals surface area (Å²) in [6, 6.07) is 5.25. The van der Waals surface area contributed by atoms with Crippen molar-refractivity contribution in [2.24, 2.45) is 5.92 Å². The maximum absolute atomic E-state index is 11.7. The molecule has 1 N–H and O–H groups in total. The molecule has 0 aliphatic carbocycles. The van der Waals surface area contributed by atoms with Crippen molar-refractivity contribution in [3.63, 3.8) is 0 Å². The summed E-state index contributed by atoms with van der Waals surface area (Å²) in [5.74, 6) is 2.39. The van der Waals surface area contributed by atoms with E-state index >= 15 is 0 Å². The Kier molecular flexibility index (Phi) is 4.19. The lowest BCUT2D eigenvalue weighted by atomic mass is 9.99. The smallest absolute Gasteiger partial charge is 0.353 e. The molecule has 0 radical (unpaired) electrons. The van der Waals surface area contributed by atoms with Gasteiger partial charge in [0.2, 0.25) is 18.4 Å². The number of fused-ring (bicyclic) bond motifs is 1. The third-order valence-corrected chi connectivity index (χ3v) is 4.70. The van der Waals surface area contributed by atoms with Crippen LogP contribution in [0.4, 0.5) is 23.0 Å². The summed E-state index contributed by atoms with van der Waals surface area (Å²) >= 11 is 0. The molecule has 1 aromatic carbocycles. The average Bonchev–Trinajstić information content (AvgIpc) is 3.10. The molecule has 136 valence electrons. The van der Waals surface area contributed by atoms with Gasteiger partial charge < -0.3 is 19.7 Å². The molecular weight excluding hydrogens is 338 g/mol. The highest BCUT2D eigenvalue weighted by Gasteiger charge is 2.29. The summed E-state index contributed by atoms with van der Waals surface area (Å²) in [6.07, 6.45) is 3.34. The van der Waals surface area contributed by atoms with E-state index in [1.54, 1.807) is 18.2 Å². The van der Waals surface area contributed by atoms with Gasteiger partial charge in [0, 0.05) is 24.8 Å².